The third-order valence-corrected chi connectivity index (χ3v) is 8.41. The molecule has 2 aromatic carbocycles. The smallest absolute Gasteiger partial charge is 0.210 e. The fraction of sp³-hybridized carbons (Fsp3) is 0.250. The first kappa shape index (κ1) is 24.5. The van der Waals surface area contributed by atoms with E-state index >= 15 is 0 Å². The van der Waals surface area contributed by atoms with Gasteiger partial charge in [0.1, 0.15) is 10.6 Å². The topological polar surface area (TPSA) is 62.7 Å². The molecule has 6 nitrogen and oxygen atoms in total. The number of sulfone groups is 1. The molecule has 1 aromatic heterocycles. The van der Waals surface area contributed by atoms with Gasteiger partial charge < -0.3 is 14.5 Å². The molecule has 182 valence electrons. The molecule has 1 fully saturated rings. The maximum atomic E-state index is 13.7. The normalized spacial score (nSPS) is 14.8. The molecule has 0 bridgehead atoms. The van der Waals surface area contributed by atoms with Crippen LogP contribution in [0.1, 0.15) is 11.1 Å². The minimum Gasteiger partial charge on any atom is -0.497 e. The van der Waals surface area contributed by atoms with Gasteiger partial charge in [-0.25, -0.2) is 8.42 Å². The minimum absolute atomic E-state index is 0.0896. The Labute approximate surface area is 207 Å². The summed E-state index contributed by atoms with van der Waals surface area (Å²) >= 11 is 0. The number of nitrogens with zero attached hydrogens (tertiary/aromatic N) is 3. The molecule has 35 heavy (non-hydrogen) atoms. The third kappa shape index (κ3) is 4.56. The Balaban J connectivity index is 1.82. The van der Waals surface area contributed by atoms with Gasteiger partial charge in [-0.05, 0) is 55.3 Å². The van der Waals surface area contributed by atoms with Crippen LogP contribution in [-0.2, 0) is 9.84 Å². The molecule has 1 aliphatic rings. The molecular weight excluding hydrogens is 458 g/mol. The van der Waals surface area contributed by atoms with E-state index in [2.05, 4.69) is 60.0 Å². The van der Waals surface area contributed by atoms with Crippen molar-refractivity contribution in [3.63, 3.8) is 0 Å². The Bertz CT molecular complexity index is 1420. The van der Waals surface area contributed by atoms with E-state index in [-0.39, 0.29) is 9.80 Å². The molecule has 0 N–H and O–H groups in total. The second-order valence-electron chi connectivity index (χ2n) is 8.56. The first-order valence-corrected chi connectivity index (χ1v) is 13.0. The highest BCUT2D eigenvalue weighted by Crippen LogP contribution is 2.38. The molecule has 1 aliphatic heterocycles. The largest absolute Gasteiger partial charge is 0.497 e. The number of hydrogen-bond donors (Lipinski definition) is 0. The van der Waals surface area contributed by atoms with E-state index in [4.69, 9.17) is 4.74 Å². The molecule has 0 aliphatic carbocycles. The van der Waals surface area contributed by atoms with E-state index in [1.165, 1.54) is 41.2 Å². The lowest BCUT2D eigenvalue weighted by Gasteiger charge is -2.39. The summed E-state index contributed by atoms with van der Waals surface area (Å²) in [6.45, 7) is 14.5. The first-order chi connectivity index (χ1) is 16.8. The third-order valence-electron chi connectivity index (χ3n) is 6.61. The number of fused-ring (bicyclic) bond motifs is 1. The predicted octanol–water partition coefficient (Wildman–Crippen LogP) is 5.22. The summed E-state index contributed by atoms with van der Waals surface area (Å²) < 4.78 is 32.8. The van der Waals surface area contributed by atoms with Crippen LogP contribution in [0.25, 0.3) is 10.9 Å². The predicted molar refractivity (Wildman–Crippen MR) is 144 cm³/mol. The molecule has 0 spiro atoms. The molecule has 0 atom stereocenters. The Kier molecular flexibility index (Phi) is 6.98. The molecule has 0 unspecified atom stereocenters. The summed E-state index contributed by atoms with van der Waals surface area (Å²) in [6.07, 6.45) is 5.71. The number of rotatable bonds is 7. The molecule has 0 amide bonds. The number of pyridine rings is 1. The van der Waals surface area contributed by atoms with E-state index in [0.29, 0.717) is 30.0 Å². The number of hydrogen-bond acceptors (Lipinski definition) is 6. The summed E-state index contributed by atoms with van der Waals surface area (Å²) in [7, 11) is -2.27. The van der Waals surface area contributed by atoms with Crippen LogP contribution >= 0.6 is 0 Å². The van der Waals surface area contributed by atoms with Crippen LogP contribution in [0, 0.1) is 13.8 Å². The second-order valence-corrected chi connectivity index (χ2v) is 10.5. The molecule has 0 saturated carbocycles. The zero-order valence-corrected chi connectivity index (χ0v) is 21.3. The van der Waals surface area contributed by atoms with Crippen molar-refractivity contribution in [2.24, 2.45) is 0 Å². The lowest BCUT2D eigenvalue weighted by Crippen LogP contribution is -2.47. The highest BCUT2D eigenvalue weighted by Gasteiger charge is 2.29. The van der Waals surface area contributed by atoms with Gasteiger partial charge in [-0.2, -0.15) is 0 Å². The van der Waals surface area contributed by atoms with Crippen molar-refractivity contribution in [3.05, 3.63) is 90.0 Å². The Morgan fingerprint density at radius 1 is 1.06 bits per heavy atom. The molecule has 3 aromatic rings. The first-order valence-electron chi connectivity index (χ1n) is 11.5. The summed E-state index contributed by atoms with van der Waals surface area (Å²) in [6, 6.07) is 11.9. The highest BCUT2D eigenvalue weighted by molar-refractivity contribution is 7.95. The SMILES string of the molecule is C=C/C=C(\C=C)S(=O)(=O)c1cnc2ccc(OC)cc2c1N1CCN(c2cccc(C)c2C)CC1. The zero-order chi connectivity index (χ0) is 25.2. The maximum Gasteiger partial charge on any atom is 0.210 e. The van der Waals surface area contributed by atoms with Gasteiger partial charge in [-0.3, -0.25) is 4.98 Å². The second kappa shape index (κ2) is 9.96. The minimum atomic E-state index is -3.87. The van der Waals surface area contributed by atoms with Crippen LogP contribution < -0.4 is 14.5 Å². The Morgan fingerprint density at radius 3 is 2.43 bits per heavy atom. The highest BCUT2D eigenvalue weighted by atomic mass is 32.2. The van der Waals surface area contributed by atoms with Gasteiger partial charge in [-0.15, -0.1) is 0 Å². The number of aromatic nitrogens is 1. The summed E-state index contributed by atoms with van der Waals surface area (Å²) in [5, 5.41) is 0.743. The maximum absolute atomic E-state index is 13.7. The van der Waals surface area contributed by atoms with Crippen molar-refractivity contribution >= 4 is 32.1 Å². The molecule has 1 saturated heterocycles. The lowest BCUT2D eigenvalue weighted by atomic mass is 10.1. The van der Waals surface area contributed by atoms with E-state index < -0.39 is 9.84 Å². The fourth-order valence-corrected chi connectivity index (χ4v) is 5.98. The number of ether oxygens (including phenoxy) is 1. The average molecular weight is 490 g/mol. The van der Waals surface area contributed by atoms with E-state index in [0.717, 1.165) is 18.5 Å². The molecule has 4 rings (SSSR count). The molecular formula is C28H31N3O3S. The fourth-order valence-electron chi connectivity index (χ4n) is 4.55. The number of methoxy groups -OCH3 is 1. The van der Waals surface area contributed by atoms with E-state index in [9.17, 15) is 8.42 Å². The zero-order valence-electron chi connectivity index (χ0n) is 20.5. The number of allylic oxidation sites excluding steroid dienone is 3. The molecule has 0 radical (unpaired) electrons. The molecule has 7 heteroatoms. The van der Waals surface area contributed by atoms with Gasteiger partial charge in [0.05, 0.1) is 23.2 Å². The standard InChI is InChI=1S/C28H31N3O3S/c1-6-9-23(7-2)35(32,33)27-19-29-25-13-12-22(34-5)18-24(25)28(27)31-16-14-30(15-17-31)26-11-8-10-20(3)21(26)4/h6-13,18-19H,1-2,14-17H2,3-5H3/b23-9+. The van der Waals surface area contributed by atoms with Crippen molar-refractivity contribution in [2.75, 3.05) is 43.1 Å². The van der Waals surface area contributed by atoms with Gasteiger partial charge in [-0.1, -0.05) is 37.4 Å². The summed E-state index contributed by atoms with van der Waals surface area (Å²) in [4.78, 5) is 9.24. The lowest BCUT2D eigenvalue weighted by molar-refractivity contribution is 0.415. The van der Waals surface area contributed by atoms with Crippen molar-refractivity contribution in [2.45, 2.75) is 18.7 Å². The van der Waals surface area contributed by atoms with Crippen molar-refractivity contribution in [1.29, 1.82) is 0 Å². The summed E-state index contributed by atoms with van der Waals surface area (Å²) in [5.41, 5.74) is 5.11. The van der Waals surface area contributed by atoms with Crippen molar-refractivity contribution in [1.82, 2.24) is 4.98 Å². The van der Waals surface area contributed by atoms with Gasteiger partial charge in [0.25, 0.3) is 0 Å². The van der Waals surface area contributed by atoms with E-state index in [1.54, 1.807) is 7.11 Å². The van der Waals surface area contributed by atoms with Crippen LogP contribution in [0.2, 0.25) is 0 Å². The van der Waals surface area contributed by atoms with E-state index in [1.807, 2.05) is 18.2 Å². The van der Waals surface area contributed by atoms with Gasteiger partial charge in [0.15, 0.2) is 0 Å². The average Bonchev–Trinajstić information content (AvgIpc) is 2.87. The number of piperazine rings is 1. The molecule has 2 heterocycles. The number of aryl methyl sites for hydroxylation is 1. The van der Waals surface area contributed by atoms with Gasteiger partial charge in [0, 0.05) is 43.4 Å². The van der Waals surface area contributed by atoms with Crippen molar-refractivity contribution in [3.8, 4) is 5.75 Å². The summed E-state index contributed by atoms with van der Waals surface area (Å²) in [5.74, 6) is 0.648. The van der Waals surface area contributed by atoms with Gasteiger partial charge in [0.2, 0.25) is 9.84 Å². The van der Waals surface area contributed by atoms with Crippen LogP contribution in [0.5, 0.6) is 5.75 Å². The Hall–Kier alpha value is -3.58. The monoisotopic (exact) mass is 489 g/mol. The Morgan fingerprint density at radius 2 is 1.77 bits per heavy atom. The van der Waals surface area contributed by atoms with Crippen LogP contribution in [0.15, 0.2) is 83.8 Å². The van der Waals surface area contributed by atoms with Crippen LogP contribution in [0.4, 0.5) is 11.4 Å². The number of anilines is 2. The van der Waals surface area contributed by atoms with Crippen molar-refractivity contribution < 1.29 is 13.2 Å². The van der Waals surface area contributed by atoms with Crippen LogP contribution in [0.3, 0.4) is 0 Å². The number of benzene rings is 2. The van der Waals surface area contributed by atoms with Gasteiger partial charge >= 0.3 is 0 Å². The quantitative estimate of drug-likeness (QED) is 0.424. The van der Waals surface area contributed by atoms with Crippen LogP contribution in [-0.4, -0.2) is 46.7 Å².